The molecule has 0 saturated heterocycles. The lowest BCUT2D eigenvalue weighted by molar-refractivity contribution is 0.307. The molecule has 0 aliphatic heterocycles. The number of hydrogen-bond acceptors (Lipinski definition) is 1. The van der Waals surface area contributed by atoms with Gasteiger partial charge >= 0.3 is 0 Å². The summed E-state index contributed by atoms with van der Waals surface area (Å²) in [4.78, 5) is 0. The van der Waals surface area contributed by atoms with E-state index in [1.807, 2.05) is 6.08 Å². The van der Waals surface area contributed by atoms with Crippen molar-refractivity contribution in [2.45, 2.75) is 27.2 Å². The fraction of sp³-hybridized carbons (Fsp3) is 0.500. The van der Waals surface area contributed by atoms with E-state index in [-0.39, 0.29) is 0 Å². The quantitative estimate of drug-likeness (QED) is 0.463. The largest absolute Gasteiger partial charge is 0.497 e. The number of methoxy groups -OCH3 is 1. The molecule has 0 aromatic rings. The van der Waals surface area contributed by atoms with Crippen LogP contribution >= 0.6 is 0 Å². The summed E-state index contributed by atoms with van der Waals surface area (Å²) < 4.78 is 5.06. The van der Waals surface area contributed by atoms with Crippen molar-refractivity contribution in [3.05, 3.63) is 36.1 Å². The highest BCUT2D eigenvalue weighted by Gasteiger charge is 1.98. The minimum absolute atomic E-state index is 0.638. The SMILES string of the molecule is C=C/C(=C\C=C(\C)C(C)CC)OC. The maximum Gasteiger partial charge on any atom is 0.118 e. The Morgan fingerprint density at radius 2 is 2.08 bits per heavy atom. The van der Waals surface area contributed by atoms with Crippen LogP contribution in [0.25, 0.3) is 0 Å². The molecule has 1 heteroatoms. The summed E-state index contributed by atoms with van der Waals surface area (Å²) in [5, 5.41) is 0. The predicted molar refractivity (Wildman–Crippen MR) is 58.5 cm³/mol. The summed E-state index contributed by atoms with van der Waals surface area (Å²) >= 11 is 0. The van der Waals surface area contributed by atoms with Gasteiger partial charge in [0.25, 0.3) is 0 Å². The van der Waals surface area contributed by atoms with Crippen LogP contribution in [-0.2, 0) is 4.74 Å². The second-order valence-electron chi connectivity index (χ2n) is 3.20. The summed E-state index contributed by atoms with van der Waals surface area (Å²) in [6.45, 7) is 10.2. The van der Waals surface area contributed by atoms with Gasteiger partial charge in [0.05, 0.1) is 7.11 Å². The van der Waals surface area contributed by atoms with Crippen molar-refractivity contribution in [2.24, 2.45) is 5.92 Å². The highest BCUT2D eigenvalue weighted by atomic mass is 16.5. The molecule has 0 amide bonds. The zero-order valence-electron chi connectivity index (χ0n) is 9.13. The van der Waals surface area contributed by atoms with Gasteiger partial charge in [0.15, 0.2) is 0 Å². The van der Waals surface area contributed by atoms with Crippen molar-refractivity contribution >= 4 is 0 Å². The molecule has 0 spiro atoms. The lowest BCUT2D eigenvalue weighted by atomic mass is 10.00. The maximum absolute atomic E-state index is 5.06. The third-order valence-corrected chi connectivity index (χ3v) is 2.34. The van der Waals surface area contributed by atoms with Crippen LogP contribution in [0.4, 0.5) is 0 Å². The van der Waals surface area contributed by atoms with Gasteiger partial charge in [-0.2, -0.15) is 0 Å². The van der Waals surface area contributed by atoms with Gasteiger partial charge < -0.3 is 4.74 Å². The molecule has 0 bridgehead atoms. The smallest absolute Gasteiger partial charge is 0.118 e. The molecule has 1 atom stereocenters. The zero-order valence-corrected chi connectivity index (χ0v) is 9.13. The first-order chi connectivity index (χ1) is 6.15. The Morgan fingerprint density at radius 1 is 1.46 bits per heavy atom. The van der Waals surface area contributed by atoms with Crippen LogP contribution < -0.4 is 0 Å². The van der Waals surface area contributed by atoms with Crippen molar-refractivity contribution in [3.63, 3.8) is 0 Å². The number of rotatable bonds is 5. The van der Waals surface area contributed by atoms with E-state index in [0.717, 1.165) is 5.76 Å². The number of ether oxygens (including phenoxy) is 1. The Morgan fingerprint density at radius 3 is 2.46 bits per heavy atom. The Balaban J connectivity index is 4.38. The van der Waals surface area contributed by atoms with E-state index in [1.165, 1.54) is 12.0 Å². The van der Waals surface area contributed by atoms with Gasteiger partial charge in [0.2, 0.25) is 0 Å². The zero-order chi connectivity index (χ0) is 10.3. The lowest BCUT2D eigenvalue weighted by Gasteiger charge is -2.07. The van der Waals surface area contributed by atoms with E-state index < -0.39 is 0 Å². The average Bonchev–Trinajstić information content (AvgIpc) is 2.17. The molecule has 0 fully saturated rings. The Labute approximate surface area is 81.8 Å². The fourth-order valence-electron chi connectivity index (χ4n) is 0.919. The van der Waals surface area contributed by atoms with Gasteiger partial charge in [-0.25, -0.2) is 0 Å². The minimum atomic E-state index is 0.638. The van der Waals surface area contributed by atoms with Crippen LogP contribution in [0.15, 0.2) is 36.1 Å². The Kier molecular flexibility index (Phi) is 6.03. The second-order valence-corrected chi connectivity index (χ2v) is 3.20. The molecule has 1 unspecified atom stereocenters. The summed E-state index contributed by atoms with van der Waals surface area (Å²) in [5.74, 6) is 1.45. The van der Waals surface area contributed by atoms with Gasteiger partial charge in [-0.05, 0) is 31.4 Å². The van der Waals surface area contributed by atoms with Crippen LogP contribution in [0.2, 0.25) is 0 Å². The molecule has 0 aliphatic carbocycles. The standard InChI is InChI=1S/C12H20O/c1-6-10(3)11(4)8-9-12(7-2)13-5/h7-10H,2,6H2,1,3-5H3/b11-8-,12-9+. The summed E-state index contributed by atoms with van der Waals surface area (Å²) in [7, 11) is 1.65. The van der Waals surface area contributed by atoms with E-state index in [2.05, 4.69) is 33.4 Å². The van der Waals surface area contributed by atoms with E-state index in [1.54, 1.807) is 13.2 Å². The molecule has 0 heterocycles. The van der Waals surface area contributed by atoms with Crippen LogP contribution in [0.1, 0.15) is 27.2 Å². The molecule has 1 nitrogen and oxygen atoms in total. The third kappa shape index (κ3) is 4.56. The van der Waals surface area contributed by atoms with E-state index >= 15 is 0 Å². The average molecular weight is 180 g/mol. The fourth-order valence-corrected chi connectivity index (χ4v) is 0.919. The van der Waals surface area contributed by atoms with Crippen molar-refractivity contribution in [2.75, 3.05) is 7.11 Å². The topological polar surface area (TPSA) is 9.23 Å². The number of hydrogen-bond donors (Lipinski definition) is 0. The first-order valence-corrected chi connectivity index (χ1v) is 4.70. The highest BCUT2D eigenvalue weighted by Crippen LogP contribution is 2.13. The van der Waals surface area contributed by atoms with E-state index in [0.29, 0.717) is 5.92 Å². The van der Waals surface area contributed by atoms with Gasteiger partial charge in [0.1, 0.15) is 5.76 Å². The maximum atomic E-state index is 5.06. The monoisotopic (exact) mass is 180 g/mol. The third-order valence-electron chi connectivity index (χ3n) is 2.34. The molecule has 0 N–H and O–H groups in total. The highest BCUT2D eigenvalue weighted by molar-refractivity contribution is 5.20. The van der Waals surface area contributed by atoms with Crippen molar-refractivity contribution in [1.29, 1.82) is 0 Å². The van der Waals surface area contributed by atoms with Crippen LogP contribution in [-0.4, -0.2) is 7.11 Å². The molecule has 74 valence electrons. The van der Waals surface area contributed by atoms with Crippen LogP contribution in [0.3, 0.4) is 0 Å². The van der Waals surface area contributed by atoms with Gasteiger partial charge in [-0.15, -0.1) is 0 Å². The molecule has 0 rings (SSSR count). The first-order valence-electron chi connectivity index (χ1n) is 4.70. The van der Waals surface area contributed by atoms with E-state index in [9.17, 15) is 0 Å². The minimum Gasteiger partial charge on any atom is -0.497 e. The second kappa shape index (κ2) is 6.53. The van der Waals surface area contributed by atoms with Crippen LogP contribution in [0, 0.1) is 5.92 Å². The molecule has 13 heavy (non-hydrogen) atoms. The summed E-state index contributed by atoms with van der Waals surface area (Å²) in [6, 6.07) is 0. The molecule has 0 aromatic carbocycles. The van der Waals surface area contributed by atoms with Crippen molar-refractivity contribution < 1.29 is 4.74 Å². The molecule has 0 aliphatic rings. The Bertz CT molecular complexity index is 211. The van der Waals surface area contributed by atoms with Gasteiger partial charge in [-0.3, -0.25) is 0 Å². The molecule has 0 aromatic heterocycles. The predicted octanol–water partition coefficient (Wildman–Crippen LogP) is 3.70. The van der Waals surface area contributed by atoms with E-state index in [4.69, 9.17) is 4.74 Å². The Hall–Kier alpha value is -0.980. The van der Waals surface area contributed by atoms with Crippen molar-refractivity contribution in [3.8, 4) is 0 Å². The lowest BCUT2D eigenvalue weighted by Crippen LogP contribution is -1.92. The first kappa shape index (κ1) is 12.0. The molecular weight excluding hydrogens is 160 g/mol. The van der Waals surface area contributed by atoms with Gasteiger partial charge in [0, 0.05) is 0 Å². The molecular formula is C12H20O. The van der Waals surface area contributed by atoms with Crippen LogP contribution in [0.5, 0.6) is 0 Å². The van der Waals surface area contributed by atoms with Crippen molar-refractivity contribution in [1.82, 2.24) is 0 Å². The number of allylic oxidation sites excluding steroid dienone is 4. The molecule has 0 saturated carbocycles. The normalized spacial score (nSPS) is 15.4. The summed E-state index contributed by atoms with van der Waals surface area (Å²) in [6.07, 6.45) is 6.93. The molecule has 0 radical (unpaired) electrons. The summed E-state index contributed by atoms with van der Waals surface area (Å²) in [5.41, 5.74) is 1.37. The van der Waals surface area contributed by atoms with Gasteiger partial charge in [-0.1, -0.05) is 32.1 Å².